The first-order valence-electron chi connectivity index (χ1n) is 8.49. The van der Waals surface area contributed by atoms with Crippen molar-refractivity contribution in [3.63, 3.8) is 0 Å². The number of hydrogen-bond acceptors (Lipinski definition) is 5. The molecule has 0 spiro atoms. The van der Waals surface area contributed by atoms with Crippen molar-refractivity contribution >= 4 is 0 Å². The number of nitrogens with zero attached hydrogens (tertiary/aromatic N) is 5. The van der Waals surface area contributed by atoms with Gasteiger partial charge in [0.2, 0.25) is 0 Å². The minimum atomic E-state index is -4.35. The largest absolute Gasteiger partial charge is 0.416 e. The number of fused-ring (bicyclic) bond motifs is 1. The highest BCUT2D eigenvalue weighted by atomic mass is 19.4. The van der Waals surface area contributed by atoms with Crippen LogP contribution in [0.5, 0.6) is 0 Å². The highest BCUT2D eigenvalue weighted by Crippen LogP contribution is 2.30. The Balaban J connectivity index is 1.50. The van der Waals surface area contributed by atoms with Crippen LogP contribution in [0.2, 0.25) is 0 Å². The smallest absolute Gasteiger partial charge is 0.293 e. The van der Waals surface area contributed by atoms with Crippen molar-refractivity contribution in [1.82, 2.24) is 24.8 Å². The van der Waals surface area contributed by atoms with Gasteiger partial charge in [0.15, 0.2) is 5.82 Å². The molecule has 8 heteroatoms. The minimum Gasteiger partial charge on any atom is -0.293 e. The molecule has 1 aromatic carbocycles. The maximum absolute atomic E-state index is 12.7. The number of hydrogen-bond donors (Lipinski definition) is 0. The van der Waals surface area contributed by atoms with Crippen LogP contribution < -0.4 is 0 Å². The predicted molar refractivity (Wildman–Crippen MR) is 92.3 cm³/mol. The molecule has 4 rings (SSSR count). The lowest BCUT2D eigenvalue weighted by atomic mass is 10.1. The van der Waals surface area contributed by atoms with Crippen molar-refractivity contribution in [2.75, 3.05) is 6.54 Å². The van der Waals surface area contributed by atoms with Crippen LogP contribution in [-0.4, -0.2) is 31.4 Å². The average molecular weight is 371 g/mol. The van der Waals surface area contributed by atoms with Crippen LogP contribution in [0.4, 0.5) is 13.2 Å². The zero-order valence-electron chi connectivity index (χ0n) is 14.3. The lowest BCUT2D eigenvalue weighted by Crippen LogP contribution is -2.31. The Hall–Kier alpha value is -2.87. The lowest BCUT2D eigenvalue weighted by Gasteiger charge is -2.27. The lowest BCUT2D eigenvalue weighted by molar-refractivity contribution is -0.137. The third kappa shape index (κ3) is 3.95. The average Bonchev–Trinajstić information content (AvgIpc) is 2.68. The molecule has 3 aromatic rings. The van der Waals surface area contributed by atoms with Gasteiger partial charge in [-0.1, -0.05) is 12.1 Å². The van der Waals surface area contributed by atoms with E-state index in [0.717, 1.165) is 42.0 Å². The SMILES string of the molecule is FC(F)(F)c1ccc(-c2ncc3c(n2)CCN(Cc2cnccn2)C3)cc1. The maximum atomic E-state index is 12.7. The van der Waals surface area contributed by atoms with E-state index in [1.807, 2.05) is 0 Å². The van der Waals surface area contributed by atoms with E-state index < -0.39 is 11.7 Å². The Kier molecular flexibility index (Phi) is 4.57. The van der Waals surface area contributed by atoms with Gasteiger partial charge in [0.25, 0.3) is 0 Å². The van der Waals surface area contributed by atoms with Gasteiger partial charge < -0.3 is 0 Å². The highest BCUT2D eigenvalue weighted by Gasteiger charge is 2.30. The van der Waals surface area contributed by atoms with Gasteiger partial charge in [-0.2, -0.15) is 13.2 Å². The van der Waals surface area contributed by atoms with Crippen LogP contribution in [0.1, 0.15) is 22.5 Å². The van der Waals surface area contributed by atoms with E-state index in [4.69, 9.17) is 0 Å². The second kappa shape index (κ2) is 7.03. The minimum absolute atomic E-state index is 0.449. The summed E-state index contributed by atoms with van der Waals surface area (Å²) < 4.78 is 38.1. The summed E-state index contributed by atoms with van der Waals surface area (Å²) in [6.07, 6.45) is 3.24. The number of alkyl halides is 3. The fourth-order valence-corrected chi connectivity index (χ4v) is 3.10. The first kappa shape index (κ1) is 17.5. The second-order valence-electron chi connectivity index (χ2n) is 6.40. The normalized spacial score (nSPS) is 14.8. The molecule has 0 atom stereocenters. The molecular weight excluding hydrogens is 355 g/mol. The number of benzene rings is 1. The second-order valence-corrected chi connectivity index (χ2v) is 6.40. The number of halogens is 3. The van der Waals surface area contributed by atoms with E-state index in [1.165, 1.54) is 12.1 Å². The van der Waals surface area contributed by atoms with Gasteiger partial charge in [0.1, 0.15) is 0 Å². The molecule has 0 amide bonds. The van der Waals surface area contributed by atoms with E-state index in [-0.39, 0.29) is 0 Å². The van der Waals surface area contributed by atoms with Gasteiger partial charge >= 0.3 is 6.18 Å². The summed E-state index contributed by atoms with van der Waals surface area (Å²) in [5, 5.41) is 0. The van der Waals surface area contributed by atoms with Crippen molar-refractivity contribution in [2.45, 2.75) is 25.7 Å². The highest BCUT2D eigenvalue weighted by molar-refractivity contribution is 5.56. The Morgan fingerprint density at radius 2 is 1.81 bits per heavy atom. The molecular formula is C19H16F3N5. The predicted octanol–water partition coefficient (Wildman–Crippen LogP) is 3.51. The first-order chi connectivity index (χ1) is 13.0. The van der Waals surface area contributed by atoms with E-state index in [9.17, 15) is 13.2 Å². The van der Waals surface area contributed by atoms with Crippen LogP contribution in [0.15, 0.2) is 49.1 Å². The summed E-state index contributed by atoms with van der Waals surface area (Å²) in [6, 6.07) is 4.93. The molecule has 2 aromatic heterocycles. The standard InChI is InChI=1S/C19H16F3N5/c20-19(21,22)15-3-1-13(2-4-15)18-25-9-14-11-27(8-5-17(14)26-18)12-16-10-23-6-7-24-16/h1-4,6-7,9-10H,5,8,11-12H2. The van der Waals surface area contributed by atoms with E-state index in [1.54, 1.807) is 24.8 Å². The molecule has 0 aliphatic carbocycles. The molecule has 27 heavy (non-hydrogen) atoms. The van der Waals surface area contributed by atoms with Gasteiger partial charge in [-0.15, -0.1) is 0 Å². The van der Waals surface area contributed by atoms with E-state index in [0.29, 0.717) is 24.5 Å². The van der Waals surface area contributed by atoms with Crippen LogP contribution in [0, 0.1) is 0 Å². The summed E-state index contributed by atoms with van der Waals surface area (Å²) in [6.45, 7) is 2.24. The van der Waals surface area contributed by atoms with Crippen molar-refractivity contribution in [3.8, 4) is 11.4 Å². The van der Waals surface area contributed by atoms with Crippen molar-refractivity contribution in [1.29, 1.82) is 0 Å². The monoisotopic (exact) mass is 371 g/mol. The van der Waals surface area contributed by atoms with Gasteiger partial charge in [-0.05, 0) is 12.1 Å². The molecule has 0 bridgehead atoms. The molecule has 1 aliphatic rings. The molecule has 1 aliphatic heterocycles. The first-order valence-corrected chi connectivity index (χ1v) is 8.49. The van der Waals surface area contributed by atoms with Gasteiger partial charge in [0, 0.05) is 62.0 Å². The van der Waals surface area contributed by atoms with Crippen LogP contribution >= 0.6 is 0 Å². The zero-order chi connectivity index (χ0) is 18.9. The summed E-state index contributed by atoms with van der Waals surface area (Å²) in [5.41, 5.74) is 2.77. The molecule has 0 radical (unpaired) electrons. The quantitative estimate of drug-likeness (QED) is 0.705. The van der Waals surface area contributed by atoms with E-state index in [2.05, 4.69) is 24.8 Å². The summed E-state index contributed by atoms with van der Waals surface area (Å²) in [5.74, 6) is 0.449. The molecule has 0 saturated carbocycles. The number of rotatable bonds is 3. The molecule has 138 valence electrons. The summed E-state index contributed by atoms with van der Waals surface area (Å²) >= 11 is 0. The van der Waals surface area contributed by atoms with Crippen molar-refractivity contribution < 1.29 is 13.2 Å². The Labute approximate surface area is 153 Å². The van der Waals surface area contributed by atoms with Gasteiger partial charge in [0.05, 0.1) is 17.0 Å². The molecule has 0 fully saturated rings. The van der Waals surface area contributed by atoms with E-state index >= 15 is 0 Å². The number of aromatic nitrogens is 4. The Morgan fingerprint density at radius 3 is 2.52 bits per heavy atom. The molecule has 5 nitrogen and oxygen atoms in total. The van der Waals surface area contributed by atoms with Crippen LogP contribution in [0.3, 0.4) is 0 Å². The van der Waals surface area contributed by atoms with Crippen LogP contribution in [-0.2, 0) is 25.7 Å². The fourth-order valence-electron chi connectivity index (χ4n) is 3.10. The molecule has 0 unspecified atom stereocenters. The Morgan fingerprint density at radius 1 is 1.00 bits per heavy atom. The maximum Gasteiger partial charge on any atom is 0.416 e. The molecule has 3 heterocycles. The van der Waals surface area contributed by atoms with Crippen molar-refractivity contribution in [3.05, 3.63) is 71.6 Å². The third-order valence-electron chi connectivity index (χ3n) is 4.49. The molecule has 0 saturated heterocycles. The van der Waals surface area contributed by atoms with Gasteiger partial charge in [-0.25, -0.2) is 9.97 Å². The summed E-state index contributed by atoms with van der Waals surface area (Å²) in [7, 11) is 0. The van der Waals surface area contributed by atoms with Crippen LogP contribution in [0.25, 0.3) is 11.4 Å². The Bertz CT molecular complexity index is 926. The topological polar surface area (TPSA) is 54.8 Å². The van der Waals surface area contributed by atoms with Gasteiger partial charge in [-0.3, -0.25) is 14.9 Å². The summed E-state index contributed by atoms with van der Waals surface area (Å²) in [4.78, 5) is 19.5. The molecule has 0 N–H and O–H groups in total. The fraction of sp³-hybridized carbons (Fsp3) is 0.263. The zero-order valence-corrected chi connectivity index (χ0v) is 14.3. The van der Waals surface area contributed by atoms with Crippen molar-refractivity contribution in [2.24, 2.45) is 0 Å². The third-order valence-corrected chi connectivity index (χ3v) is 4.49.